The molecule has 0 heterocycles. The summed E-state index contributed by atoms with van der Waals surface area (Å²) in [5.74, 6) is 1.57. The lowest BCUT2D eigenvalue weighted by Gasteiger charge is -2.23. The number of hydrogen-bond donors (Lipinski definition) is 2. The standard InChI is InChI=1S/C21H28FN3O2/c1-21(2,16-6-8-17(22)9-7-16)14-25-20(23)24-12-11-15-5-10-18(26-3)19(13-15)27-4/h5-10,13H,11-12,14H2,1-4H3,(H3,23,24,25). The highest BCUT2D eigenvalue weighted by Gasteiger charge is 2.20. The van der Waals surface area contributed by atoms with E-state index in [1.54, 1.807) is 26.4 Å². The molecule has 146 valence electrons. The van der Waals surface area contributed by atoms with Gasteiger partial charge in [0.1, 0.15) is 5.82 Å². The summed E-state index contributed by atoms with van der Waals surface area (Å²) < 4.78 is 23.6. The zero-order valence-corrected chi connectivity index (χ0v) is 16.4. The van der Waals surface area contributed by atoms with E-state index in [0.29, 0.717) is 30.5 Å². The van der Waals surface area contributed by atoms with Gasteiger partial charge in [0, 0.05) is 12.0 Å². The number of nitrogens with zero attached hydrogens (tertiary/aromatic N) is 1. The number of guanidine groups is 1. The highest BCUT2D eigenvalue weighted by atomic mass is 19.1. The largest absolute Gasteiger partial charge is 0.493 e. The average molecular weight is 373 g/mol. The molecule has 2 rings (SSSR count). The minimum atomic E-state index is -0.241. The molecule has 0 saturated heterocycles. The smallest absolute Gasteiger partial charge is 0.188 e. The first kappa shape index (κ1) is 20.6. The van der Waals surface area contributed by atoms with Gasteiger partial charge in [-0.05, 0) is 41.8 Å². The second-order valence-electron chi connectivity index (χ2n) is 6.96. The molecule has 0 aliphatic carbocycles. The molecule has 5 nitrogen and oxygen atoms in total. The molecule has 0 unspecified atom stereocenters. The van der Waals surface area contributed by atoms with Gasteiger partial charge in [0.15, 0.2) is 17.5 Å². The molecular weight excluding hydrogens is 345 g/mol. The van der Waals surface area contributed by atoms with Gasteiger partial charge in [0.2, 0.25) is 0 Å². The molecule has 0 radical (unpaired) electrons. The van der Waals surface area contributed by atoms with Crippen LogP contribution in [0.1, 0.15) is 25.0 Å². The fraction of sp³-hybridized carbons (Fsp3) is 0.381. The Morgan fingerprint density at radius 2 is 1.74 bits per heavy atom. The molecule has 6 heteroatoms. The summed E-state index contributed by atoms with van der Waals surface area (Å²) in [6.07, 6.45) is 0.776. The maximum atomic E-state index is 13.1. The third-order valence-electron chi connectivity index (χ3n) is 4.44. The number of rotatable bonds is 8. The Bertz CT molecular complexity index is 773. The topological polar surface area (TPSA) is 68.9 Å². The molecule has 0 spiro atoms. The van der Waals surface area contributed by atoms with Crippen molar-refractivity contribution >= 4 is 5.96 Å². The second-order valence-corrected chi connectivity index (χ2v) is 6.96. The molecular formula is C21H28FN3O2. The highest BCUT2D eigenvalue weighted by Crippen LogP contribution is 2.27. The number of hydrogen-bond acceptors (Lipinski definition) is 3. The van der Waals surface area contributed by atoms with E-state index in [0.717, 1.165) is 17.5 Å². The van der Waals surface area contributed by atoms with E-state index in [-0.39, 0.29) is 11.2 Å². The summed E-state index contributed by atoms with van der Waals surface area (Å²) in [7, 11) is 3.23. The van der Waals surface area contributed by atoms with E-state index in [1.165, 1.54) is 12.1 Å². The zero-order chi connectivity index (χ0) is 19.9. The van der Waals surface area contributed by atoms with Crippen LogP contribution in [0.2, 0.25) is 0 Å². The van der Waals surface area contributed by atoms with Crippen LogP contribution in [0, 0.1) is 5.82 Å². The van der Waals surface area contributed by atoms with Gasteiger partial charge in [-0.1, -0.05) is 32.0 Å². The van der Waals surface area contributed by atoms with Gasteiger partial charge in [0.25, 0.3) is 0 Å². The van der Waals surface area contributed by atoms with Gasteiger partial charge in [-0.2, -0.15) is 0 Å². The molecule has 0 amide bonds. The van der Waals surface area contributed by atoms with Crippen LogP contribution in [-0.4, -0.2) is 33.3 Å². The van der Waals surface area contributed by atoms with Crippen LogP contribution in [0.5, 0.6) is 11.5 Å². The van der Waals surface area contributed by atoms with Crippen LogP contribution in [0.15, 0.2) is 47.5 Å². The van der Waals surface area contributed by atoms with Crippen molar-refractivity contribution in [2.45, 2.75) is 25.7 Å². The number of nitrogens with two attached hydrogens (primary N) is 1. The Morgan fingerprint density at radius 3 is 2.37 bits per heavy atom. The maximum Gasteiger partial charge on any atom is 0.188 e. The lowest BCUT2D eigenvalue weighted by molar-refractivity contribution is 0.354. The van der Waals surface area contributed by atoms with Crippen LogP contribution < -0.4 is 20.5 Å². The van der Waals surface area contributed by atoms with Crippen molar-refractivity contribution in [3.05, 3.63) is 59.4 Å². The quantitative estimate of drug-likeness (QED) is 0.550. The van der Waals surface area contributed by atoms with Crippen molar-refractivity contribution in [3.63, 3.8) is 0 Å². The zero-order valence-electron chi connectivity index (χ0n) is 16.4. The average Bonchev–Trinajstić information content (AvgIpc) is 2.66. The second kappa shape index (κ2) is 9.26. The first-order valence-corrected chi connectivity index (χ1v) is 8.86. The van der Waals surface area contributed by atoms with Gasteiger partial charge in [-0.15, -0.1) is 0 Å². The summed E-state index contributed by atoms with van der Waals surface area (Å²) in [4.78, 5) is 4.43. The highest BCUT2D eigenvalue weighted by molar-refractivity contribution is 5.77. The number of methoxy groups -OCH3 is 2. The fourth-order valence-electron chi connectivity index (χ4n) is 2.70. The van der Waals surface area contributed by atoms with E-state index >= 15 is 0 Å². The van der Waals surface area contributed by atoms with Crippen molar-refractivity contribution in [1.82, 2.24) is 5.32 Å². The Morgan fingerprint density at radius 1 is 1.07 bits per heavy atom. The van der Waals surface area contributed by atoms with Crippen LogP contribution in [-0.2, 0) is 11.8 Å². The minimum absolute atomic E-state index is 0.233. The molecule has 0 saturated carbocycles. The Kier molecular flexibility index (Phi) is 7.05. The van der Waals surface area contributed by atoms with Crippen molar-refractivity contribution < 1.29 is 13.9 Å². The fourth-order valence-corrected chi connectivity index (χ4v) is 2.70. The lowest BCUT2D eigenvalue weighted by Crippen LogP contribution is -2.35. The predicted octanol–water partition coefficient (Wildman–Crippen LogP) is 3.27. The van der Waals surface area contributed by atoms with Crippen LogP contribution >= 0.6 is 0 Å². The number of halogens is 1. The molecule has 0 aromatic heterocycles. The number of ether oxygens (including phenoxy) is 2. The van der Waals surface area contributed by atoms with E-state index in [1.807, 2.05) is 18.2 Å². The normalized spacial score (nSPS) is 12.0. The Labute approximate surface area is 160 Å². The Balaban J connectivity index is 1.88. The third-order valence-corrected chi connectivity index (χ3v) is 4.44. The summed E-state index contributed by atoms with van der Waals surface area (Å²) >= 11 is 0. The number of aliphatic imine (C=N–C) groups is 1. The van der Waals surface area contributed by atoms with Gasteiger partial charge < -0.3 is 20.5 Å². The summed E-state index contributed by atoms with van der Waals surface area (Å²) in [5.41, 5.74) is 7.88. The molecule has 0 aliphatic heterocycles. The molecule has 2 aromatic rings. The monoisotopic (exact) mass is 373 g/mol. The molecule has 0 aliphatic rings. The predicted molar refractivity (Wildman–Crippen MR) is 107 cm³/mol. The van der Waals surface area contributed by atoms with Gasteiger partial charge in [-0.25, -0.2) is 4.39 Å². The van der Waals surface area contributed by atoms with Crippen LogP contribution in [0.4, 0.5) is 4.39 Å². The third kappa shape index (κ3) is 5.88. The van der Waals surface area contributed by atoms with Gasteiger partial charge >= 0.3 is 0 Å². The van der Waals surface area contributed by atoms with E-state index in [2.05, 4.69) is 24.2 Å². The van der Waals surface area contributed by atoms with Crippen molar-refractivity contribution in [2.24, 2.45) is 10.7 Å². The summed E-state index contributed by atoms with van der Waals surface area (Å²) in [6.45, 7) is 5.27. The van der Waals surface area contributed by atoms with Gasteiger partial charge in [0.05, 0.1) is 20.8 Å². The first-order valence-electron chi connectivity index (χ1n) is 8.86. The minimum Gasteiger partial charge on any atom is -0.493 e. The van der Waals surface area contributed by atoms with Crippen molar-refractivity contribution in [1.29, 1.82) is 0 Å². The number of benzene rings is 2. The Hall–Kier alpha value is -2.76. The summed E-state index contributed by atoms with van der Waals surface area (Å²) in [6, 6.07) is 12.3. The molecule has 0 bridgehead atoms. The SMILES string of the molecule is COc1ccc(CCNC(N)=NCC(C)(C)c2ccc(F)cc2)cc1OC. The van der Waals surface area contributed by atoms with E-state index < -0.39 is 0 Å². The van der Waals surface area contributed by atoms with Crippen molar-refractivity contribution in [2.75, 3.05) is 27.3 Å². The first-order chi connectivity index (χ1) is 12.9. The molecule has 2 aromatic carbocycles. The van der Waals surface area contributed by atoms with Gasteiger partial charge in [-0.3, -0.25) is 4.99 Å². The lowest BCUT2D eigenvalue weighted by atomic mass is 9.85. The molecule has 3 N–H and O–H groups in total. The molecule has 27 heavy (non-hydrogen) atoms. The summed E-state index contributed by atoms with van der Waals surface area (Å²) in [5, 5.41) is 3.13. The van der Waals surface area contributed by atoms with E-state index in [4.69, 9.17) is 15.2 Å². The van der Waals surface area contributed by atoms with Crippen LogP contribution in [0.25, 0.3) is 0 Å². The van der Waals surface area contributed by atoms with Crippen molar-refractivity contribution in [3.8, 4) is 11.5 Å². The molecule has 0 fully saturated rings. The van der Waals surface area contributed by atoms with Crippen LogP contribution in [0.3, 0.4) is 0 Å². The van der Waals surface area contributed by atoms with E-state index in [9.17, 15) is 4.39 Å². The molecule has 0 atom stereocenters. The maximum absolute atomic E-state index is 13.1. The number of nitrogens with one attached hydrogen (secondary N) is 1.